The van der Waals surface area contributed by atoms with E-state index in [0.717, 1.165) is 0 Å². The normalized spacial score (nSPS) is 20.3. The smallest absolute Gasteiger partial charge is 0.259 e. The van der Waals surface area contributed by atoms with Crippen LogP contribution in [0.2, 0.25) is 5.02 Å². The second-order valence-electron chi connectivity index (χ2n) is 7.77. The minimum Gasteiger partial charge on any atom is -0.491 e. The molecule has 0 saturated carbocycles. The van der Waals surface area contributed by atoms with E-state index in [1.807, 2.05) is 26.0 Å². The fraction of sp³-hybridized carbons (Fsp3) is 0.524. The predicted octanol–water partition coefficient (Wildman–Crippen LogP) is 4.20. The van der Waals surface area contributed by atoms with Crippen LogP contribution < -0.4 is 4.74 Å². The van der Waals surface area contributed by atoms with Crippen LogP contribution in [0, 0.1) is 6.92 Å². The molecule has 1 N–H and O–H groups in total. The number of aliphatic hydroxyl groups is 1. The van der Waals surface area contributed by atoms with Crippen LogP contribution in [0.15, 0.2) is 28.8 Å². The van der Waals surface area contributed by atoms with Crippen LogP contribution in [0.1, 0.15) is 60.8 Å². The number of benzene rings is 1. The highest BCUT2D eigenvalue weighted by Crippen LogP contribution is 2.28. The Bertz CT molecular complexity index is 836. The van der Waals surface area contributed by atoms with Crippen LogP contribution >= 0.6 is 11.6 Å². The molecule has 0 aliphatic carbocycles. The molecule has 1 atom stereocenters. The molecule has 28 heavy (non-hydrogen) atoms. The summed E-state index contributed by atoms with van der Waals surface area (Å²) in [6.45, 7) is 6.94. The fourth-order valence-corrected chi connectivity index (χ4v) is 3.68. The average molecular weight is 407 g/mol. The summed E-state index contributed by atoms with van der Waals surface area (Å²) in [4.78, 5) is 14.9. The van der Waals surface area contributed by atoms with Crippen LogP contribution in [0.25, 0.3) is 0 Å². The van der Waals surface area contributed by atoms with Gasteiger partial charge in [0.25, 0.3) is 5.91 Å². The highest BCUT2D eigenvalue weighted by Gasteiger charge is 2.34. The van der Waals surface area contributed by atoms with Crippen molar-refractivity contribution in [3.05, 3.63) is 46.3 Å². The number of halogens is 1. The number of rotatable bonds is 5. The summed E-state index contributed by atoms with van der Waals surface area (Å²) in [5.41, 5.74) is 0.254. The third-order valence-corrected chi connectivity index (χ3v) is 5.39. The van der Waals surface area contributed by atoms with E-state index in [2.05, 4.69) is 5.16 Å². The zero-order valence-electron chi connectivity index (χ0n) is 16.6. The van der Waals surface area contributed by atoms with Gasteiger partial charge in [0.2, 0.25) is 0 Å². The molecule has 152 valence electrons. The number of carbonyl (C=O) groups excluding carboxylic acids is 1. The van der Waals surface area contributed by atoms with Gasteiger partial charge in [-0.15, -0.1) is 0 Å². The summed E-state index contributed by atoms with van der Waals surface area (Å²) >= 11 is 5.98. The number of hydrogen-bond donors (Lipinski definition) is 1. The molecule has 2 heterocycles. The van der Waals surface area contributed by atoms with Crippen LogP contribution in [0.3, 0.4) is 0 Å². The lowest BCUT2D eigenvalue weighted by molar-refractivity contribution is -0.0163. The molecule has 1 aromatic carbocycles. The molecule has 1 unspecified atom stereocenters. The van der Waals surface area contributed by atoms with Crippen molar-refractivity contribution in [2.24, 2.45) is 0 Å². The summed E-state index contributed by atoms with van der Waals surface area (Å²) in [6, 6.07) is 7.11. The maximum atomic E-state index is 13.1. The molecule has 2 aromatic rings. The molecule has 1 aromatic heterocycles. The maximum Gasteiger partial charge on any atom is 0.259 e. The number of ether oxygens (including phenoxy) is 1. The van der Waals surface area contributed by atoms with Gasteiger partial charge >= 0.3 is 0 Å². The zero-order chi connectivity index (χ0) is 20.3. The van der Waals surface area contributed by atoms with Crippen LogP contribution in [-0.4, -0.2) is 46.4 Å². The van der Waals surface area contributed by atoms with Gasteiger partial charge in [0.1, 0.15) is 29.3 Å². The van der Waals surface area contributed by atoms with Crippen molar-refractivity contribution in [3.63, 3.8) is 0 Å². The number of aromatic nitrogens is 1. The molecule has 0 bridgehead atoms. The van der Waals surface area contributed by atoms with Gasteiger partial charge in [-0.3, -0.25) is 4.79 Å². The van der Waals surface area contributed by atoms with E-state index in [9.17, 15) is 9.90 Å². The standard InChI is InChI=1S/C21H27ClN2O4/c1-14(2)19-18(15(3)28-23-19)20(25)24-10-5-8-21(26,9-11-24)13-27-17-7-4-6-16(22)12-17/h4,6-7,12,14,26H,5,8-11,13H2,1-3H3. The summed E-state index contributed by atoms with van der Waals surface area (Å²) in [7, 11) is 0. The summed E-state index contributed by atoms with van der Waals surface area (Å²) < 4.78 is 11.0. The lowest BCUT2D eigenvalue weighted by atomic mass is 9.96. The number of aryl methyl sites for hydroxylation is 1. The monoisotopic (exact) mass is 406 g/mol. The molecule has 1 aliphatic heterocycles. The van der Waals surface area contributed by atoms with Gasteiger partial charge in [0, 0.05) is 18.1 Å². The van der Waals surface area contributed by atoms with Gasteiger partial charge in [-0.05, 0) is 50.3 Å². The second-order valence-corrected chi connectivity index (χ2v) is 8.21. The Labute approximate surface area is 170 Å². The van der Waals surface area contributed by atoms with E-state index in [0.29, 0.717) is 60.1 Å². The van der Waals surface area contributed by atoms with Crippen molar-refractivity contribution in [1.29, 1.82) is 0 Å². The van der Waals surface area contributed by atoms with Gasteiger partial charge < -0.3 is 19.3 Å². The van der Waals surface area contributed by atoms with E-state index in [-0.39, 0.29) is 18.4 Å². The molecule has 1 saturated heterocycles. The fourth-order valence-electron chi connectivity index (χ4n) is 3.50. The minimum atomic E-state index is -0.984. The first-order valence-corrected chi connectivity index (χ1v) is 10.0. The van der Waals surface area contributed by atoms with Gasteiger partial charge in [0.15, 0.2) is 0 Å². The molecule has 1 amide bonds. The van der Waals surface area contributed by atoms with Gasteiger partial charge in [-0.1, -0.05) is 36.7 Å². The molecular weight excluding hydrogens is 380 g/mol. The van der Waals surface area contributed by atoms with Crippen molar-refractivity contribution in [3.8, 4) is 5.75 Å². The average Bonchev–Trinajstić information content (AvgIpc) is 2.93. The summed E-state index contributed by atoms with van der Waals surface area (Å²) in [5.74, 6) is 1.19. The third-order valence-electron chi connectivity index (χ3n) is 5.16. The van der Waals surface area contributed by atoms with Crippen molar-refractivity contribution in [2.75, 3.05) is 19.7 Å². The first-order valence-electron chi connectivity index (χ1n) is 9.65. The Kier molecular flexibility index (Phi) is 6.30. The Hall–Kier alpha value is -2.05. The molecule has 1 fully saturated rings. The number of hydrogen-bond acceptors (Lipinski definition) is 5. The third kappa shape index (κ3) is 4.67. The lowest BCUT2D eigenvalue weighted by Crippen LogP contribution is -2.38. The molecule has 1 aliphatic rings. The van der Waals surface area contributed by atoms with E-state index >= 15 is 0 Å². The minimum absolute atomic E-state index is 0.0811. The number of nitrogens with zero attached hydrogens (tertiary/aromatic N) is 2. The Morgan fingerprint density at radius 3 is 2.89 bits per heavy atom. The van der Waals surface area contributed by atoms with Gasteiger partial charge in [-0.2, -0.15) is 0 Å². The Balaban J connectivity index is 1.66. The number of likely N-dealkylation sites (tertiary alicyclic amines) is 1. The highest BCUT2D eigenvalue weighted by molar-refractivity contribution is 6.30. The SMILES string of the molecule is Cc1onc(C(C)C)c1C(=O)N1CCCC(O)(COc2cccc(Cl)c2)CC1. The zero-order valence-corrected chi connectivity index (χ0v) is 17.3. The largest absolute Gasteiger partial charge is 0.491 e. The first kappa shape index (κ1) is 20.7. The maximum absolute atomic E-state index is 13.1. The Morgan fingerprint density at radius 1 is 1.39 bits per heavy atom. The molecule has 6 nitrogen and oxygen atoms in total. The first-order chi connectivity index (χ1) is 13.3. The van der Waals surface area contributed by atoms with E-state index in [1.165, 1.54) is 0 Å². The molecule has 0 spiro atoms. The van der Waals surface area contributed by atoms with Crippen LogP contribution in [-0.2, 0) is 0 Å². The lowest BCUT2D eigenvalue weighted by Gasteiger charge is -2.27. The number of amides is 1. The van der Waals surface area contributed by atoms with Gasteiger partial charge in [0.05, 0.1) is 5.69 Å². The summed E-state index contributed by atoms with van der Waals surface area (Å²) in [5, 5.41) is 15.6. The van der Waals surface area contributed by atoms with Gasteiger partial charge in [-0.25, -0.2) is 0 Å². The van der Waals surface area contributed by atoms with Crippen LogP contribution in [0.5, 0.6) is 5.75 Å². The van der Waals surface area contributed by atoms with Crippen molar-refractivity contribution in [2.45, 2.75) is 51.6 Å². The Morgan fingerprint density at radius 2 is 2.18 bits per heavy atom. The van der Waals surface area contributed by atoms with Crippen LogP contribution in [0.4, 0.5) is 0 Å². The van der Waals surface area contributed by atoms with Crippen molar-refractivity contribution in [1.82, 2.24) is 10.1 Å². The van der Waals surface area contributed by atoms with Crippen molar-refractivity contribution < 1.29 is 19.2 Å². The highest BCUT2D eigenvalue weighted by atomic mass is 35.5. The quantitative estimate of drug-likeness (QED) is 0.805. The van der Waals surface area contributed by atoms with Crippen molar-refractivity contribution >= 4 is 17.5 Å². The van der Waals surface area contributed by atoms with E-state index in [1.54, 1.807) is 24.0 Å². The molecule has 0 radical (unpaired) electrons. The summed E-state index contributed by atoms with van der Waals surface area (Å²) in [6.07, 6.45) is 1.71. The number of carbonyl (C=O) groups is 1. The topological polar surface area (TPSA) is 75.8 Å². The molecular formula is C21H27ClN2O4. The van der Waals surface area contributed by atoms with E-state index < -0.39 is 5.60 Å². The molecule has 3 rings (SSSR count). The molecule has 7 heteroatoms. The van der Waals surface area contributed by atoms with E-state index in [4.69, 9.17) is 20.9 Å². The predicted molar refractivity (Wildman–Crippen MR) is 107 cm³/mol. The second kappa shape index (κ2) is 8.53.